The number of morpholine rings is 1. The third-order valence-corrected chi connectivity index (χ3v) is 5.61. The zero-order chi connectivity index (χ0) is 14.6. The Morgan fingerprint density at radius 2 is 1.80 bits per heavy atom. The molecule has 0 aromatic carbocycles. The first-order chi connectivity index (χ1) is 9.50. The van der Waals surface area contributed by atoms with Crippen LogP contribution < -0.4 is 4.72 Å². The minimum absolute atomic E-state index is 0.312. The largest absolute Gasteiger partial charge is 0.468 e. The van der Waals surface area contributed by atoms with Gasteiger partial charge in [-0.1, -0.05) is 19.3 Å². The second-order valence-corrected chi connectivity index (χ2v) is 6.92. The van der Waals surface area contributed by atoms with Crippen LogP contribution in [-0.4, -0.2) is 57.6 Å². The molecule has 7 nitrogen and oxygen atoms in total. The molecule has 1 N–H and O–H groups in total. The quantitative estimate of drug-likeness (QED) is 0.741. The minimum atomic E-state index is -3.69. The van der Waals surface area contributed by atoms with Gasteiger partial charge in [-0.3, -0.25) is 4.79 Å². The van der Waals surface area contributed by atoms with E-state index in [9.17, 15) is 13.2 Å². The number of esters is 1. The van der Waals surface area contributed by atoms with Gasteiger partial charge in [0.05, 0.1) is 20.3 Å². The van der Waals surface area contributed by atoms with Gasteiger partial charge in [-0.15, -0.1) is 0 Å². The number of carbonyl (C=O) groups excluding carboxylic acids is 1. The molecule has 0 aromatic rings. The second-order valence-electron chi connectivity index (χ2n) is 5.25. The van der Waals surface area contributed by atoms with Crippen LogP contribution in [0.5, 0.6) is 0 Å². The molecule has 0 spiro atoms. The van der Waals surface area contributed by atoms with Gasteiger partial charge in [0.2, 0.25) is 0 Å². The first-order valence-electron chi connectivity index (χ1n) is 6.95. The first kappa shape index (κ1) is 15.7. The molecule has 2 aliphatic rings. The van der Waals surface area contributed by atoms with Gasteiger partial charge in [0, 0.05) is 13.1 Å². The molecule has 8 heteroatoms. The van der Waals surface area contributed by atoms with Crippen LogP contribution in [0.4, 0.5) is 0 Å². The van der Waals surface area contributed by atoms with Crippen LogP contribution in [0.3, 0.4) is 0 Å². The number of rotatable bonds is 4. The highest BCUT2D eigenvalue weighted by molar-refractivity contribution is 7.87. The fourth-order valence-electron chi connectivity index (χ4n) is 2.80. The Labute approximate surface area is 119 Å². The zero-order valence-electron chi connectivity index (χ0n) is 11.8. The van der Waals surface area contributed by atoms with E-state index in [1.165, 1.54) is 11.4 Å². The van der Waals surface area contributed by atoms with Crippen LogP contribution in [-0.2, 0) is 24.5 Å². The van der Waals surface area contributed by atoms with E-state index < -0.39 is 21.7 Å². The number of hydrogen-bond donors (Lipinski definition) is 1. The molecule has 20 heavy (non-hydrogen) atoms. The number of hydrogen-bond acceptors (Lipinski definition) is 5. The van der Waals surface area contributed by atoms with E-state index >= 15 is 0 Å². The summed E-state index contributed by atoms with van der Waals surface area (Å²) in [6, 6.07) is 0. The molecule has 2 fully saturated rings. The molecular formula is C12H22N2O5S. The molecule has 116 valence electrons. The average molecular weight is 306 g/mol. The van der Waals surface area contributed by atoms with E-state index in [1.54, 1.807) is 0 Å². The Balaban J connectivity index is 2.16. The molecule has 0 aromatic heterocycles. The molecule has 2 rings (SSSR count). The standard InChI is InChI=1S/C12H22N2O5S/c1-18-11(15)12(5-3-2-4-6-12)13-20(16,17)14-7-9-19-10-8-14/h13H,2-10H2,1H3. The maximum atomic E-state index is 12.4. The van der Waals surface area contributed by atoms with Gasteiger partial charge in [0.25, 0.3) is 10.2 Å². The Hall–Kier alpha value is -0.700. The summed E-state index contributed by atoms with van der Waals surface area (Å²) in [5, 5.41) is 0. The summed E-state index contributed by atoms with van der Waals surface area (Å²) in [5.74, 6) is -0.492. The number of carbonyl (C=O) groups is 1. The van der Waals surface area contributed by atoms with Crippen molar-refractivity contribution < 1.29 is 22.7 Å². The third-order valence-electron chi connectivity index (χ3n) is 3.92. The summed E-state index contributed by atoms with van der Waals surface area (Å²) in [6.07, 6.45) is 3.63. The topological polar surface area (TPSA) is 84.9 Å². The van der Waals surface area contributed by atoms with Gasteiger partial charge >= 0.3 is 5.97 Å². The van der Waals surface area contributed by atoms with E-state index in [2.05, 4.69) is 4.72 Å². The lowest BCUT2D eigenvalue weighted by atomic mass is 9.83. The average Bonchev–Trinajstić information content (AvgIpc) is 2.48. The number of nitrogens with zero attached hydrogens (tertiary/aromatic N) is 1. The maximum absolute atomic E-state index is 12.4. The molecule has 0 amide bonds. The lowest BCUT2D eigenvalue weighted by Crippen LogP contribution is -2.60. The van der Waals surface area contributed by atoms with Crippen molar-refractivity contribution in [2.24, 2.45) is 0 Å². The highest BCUT2D eigenvalue weighted by Crippen LogP contribution is 2.30. The van der Waals surface area contributed by atoms with Crippen molar-refractivity contribution in [3.63, 3.8) is 0 Å². The van der Waals surface area contributed by atoms with Gasteiger partial charge in [-0.25, -0.2) is 0 Å². The lowest BCUT2D eigenvalue weighted by Gasteiger charge is -2.37. The molecule has 1 saturated heterocycles. The van der Waals surface area contributed by atoms with Crippen LogP contribution in [0.25, 0.3) is 0 Å². The zero-order valence-corrected chi connectivity index (χ0v) is 12.6. The van der Waals surface area contributed by atoms with Gasteiger partial charge < -0.3 is 9.47 Å². The molecule has 1 heterocycles. The van der Waals surface area contributed by atoms with Crippen molar-refractivity contribution in [1.82, 2.24) is 9.03 Å². The summed E-state index contributed by atoms with van der Waals surface area (Å²) >= 11 is 0. The monoisotopic (exact) mass is 306 g/mol. The summed E-state index contributed by atoms with van der Waals surface area (Å²) < 4.78 is 38.8. The molecular weight excluding hydrogens is 284 g/mol. The fraction of sp³-hybridized carbons (Fsp3) is 0.917. The predicted molar refractivity (Wildman–Crippen MR) is 72.3 cm³/mol. The third kappa shape index (κ3) is 3.30. The van der Waals surface area contributed by atoms with Crippen molar-refractivity contribution in [3.05, 3.63) is 0 Å². The molecule has 1 aliphatic heterocycles. The highest BCUT2D eigenvalue weighted by atomic mass is 32.2. The number of methoxy groups -OCH3 is 1. The van der Waals surface area contributed by atoms with Crippen molar-refractivity contribution in [2.75, 3.05) is 33.4 Å². The smallest absolute Gasteiger partial charge is 0.327 e. The van der Waals surface area contributed by atoms with Gasteiger partial charge in [-0.2, -0.15) is 17.4 Å². The predicted octanol–water partition coefficient (Wildman–Crippen LogP) is 0.0289. The molecule has 0 unspecified atom stereocenters. The van der Waals surface area contributed by atoms with Gasteiger partial charge in [-0.05, 0) is 12.8 Å². The van der Waals surface area contributed by atoms with E-state index in [-0.39, 0.29) is 0 Å². The van der Waals surface area contributed by atoms with Crippen molar-refractivity contribution in [3.8, 4) is 0 Å². The van der Waals surface area contributed by atoms with E-state index in [1.807, 2.05) is 0 Å². The highest BCUT2D eigenvalue weighted by Gasteiger charge is 2.45. The second kappa shape index (κ2) is 6.38. The van der Waals surface area contributed by atoms with Crippen LogP contribution in [0, 0.1) is 0 Å². The van der Waals surface area contributed by atoms with Crippen molar-refractivity contribution >= 4 is 16.2 Å². The van der Waals surface area contributed by atoms with Gasteiger partial charge in [0.1, 0.15) is 5.54 Å². The normalized spacial score (nSPS) is 24.2. The van der Waals surface area contributed by atoms with Crippen LogP contribution in [0.2, 0.25) is 0 Å². The molecule has 0 bridgehead atoms. The molecule has 1 aliphatic carbocycles. The van der Waals surface area contributed by atoms with E-state index in [0.29, 0.717) is 39.1 Å². The maximum Gasteiger partial charge on any atom is 0.327 e. The Morgan fingerprint density at radius 3 is 2.35 bits per heavy atom. The summed E-state index contributed by atoms with van der Waals surface area (Å²) in [4.78, 5) is 12.1. The number of ether oxygens (including phenoxy) is 2. The van der Waals surface area contributed by atoms with Crippen LogP contribution >= 0.6 is 0 Å². The molecule has 0 atom stereocenters. The Kier molecular flexibility index (Phi) is 5.00. The van der Waals surface area contributed by atoms with Crippen molar-refractivity contribution in [2.45, 2.75) is 37.6 Å². The SMILES string of the molecule is COC(=O)C1(NS(=O)(=O)N2CCOCC2)CCCCC1. The summed E-state index contributed by atoms with van der Waals surface area (Å²) in [6.45, 7) is 1.39. The Morgan fingerprint density at radius 1 is 1.20 bits per heavy atom. The van der Waals surface area contributed by atoms with Crippen LogP contribution in [0.1, 0.15) is 32.1 Å². The van der Waals surface area contributed by atoms with Crippen molar-refractivity contribution in [1.29, 1.82) is 0 Å². The van der Waals surface area contributed by atoms with E-state index in [4.69, 9.17) is 9.47 Å². The molecule has 1 saturated carbocycles. The summed E-state index contributed by atoms with van der Waals surface area (Å²) in [5.41, 5.74) is -1.11. The fourth-order valence-corrected chi connectivity index (χ4v) is 4.34. The molecule has 0 radical (unpaired) electrons. The van der Waals surface area contributed by atoms with Gasteiger partial charge in [0.15, 0.2) is 0 Å². The first-order valence-corrected chi connectivity index (χ1v) is 8.39. The number of nitrogens with one attached hydrogen (secondary N) is 1. The van der Waals surface area contributed by atoms with E-state index in [0.717, 1.165) is 19.3 Å². The minimum Gasteiger partial charge on any atom is -0.468 e. The summed E-state index contributed by atoms with van der Waals surface area (Å²) in [7, 11) is -2.40. The Bertz CT molecular complexity index is 439. The van der Waals surface area contributed by atoms with Crippen LogP contribution in [0.15, 0.2) is 0 Å². The lowest BCUT2D eigenvalue weighted by molar-refractivity contribution is -0.149.